The standard InChI is InChI=1S/C14H24N2S/c1-5-6-16-14(12-15-7-8-17-12)10-13(3,4)9-11(14)2/h7-8,11,16H,5-6,9-10H2,1-4H3. The summed E-state index contributed by atoms with van der Waals surface area (Å²) in [4.78, 5) is 4.60. The van der Waals surface area contributed by atoms with Crippen molar-refractivity contribution in [2.24, 2.45) is 11.3 Å². The highest BCUT2D eigenvalue weighted by Gasteiger charge is 2.50. The highest BCUT2D eigenvalue weighted by molar-refractivity contribution is 7.09. The Bertz CT molecular complexity index is 358. The number of rotatable bonds is 4. The summed E-state index contributed by atoms with van der Waals surface area (Å²) >= 11 is 1.80. The Labute approximate surface area is 109 Å². The topological polar surface area (TPSA) is 24.9 Å². The number of thiazole rings is 1. The Morgan fingerprint density at radius 1 is 1.53 bits per heavy atom. The van der Waals surface area contributed by atoms with Crippen LogP contribution in [0.25, 0.3) is 0 Å². The van der Waals surface area contributed by atoms with Crippen molar-refractivity contribution in [2.45, 2.75) is 52.5 Å². The summed E-state index contributed by atoms with van der Waals surface area (Å²) in [6.45, 7) is 10.4. The van der Waals surface area contributed by atoms with Crippen LogP contribution in [-0.4, -0.2) is 11.5 Å². The van der Waals surface area contributed by atoms with E-state index in [0.717, 1.165) is 6.54 Å². The van der Waals surface area contributed by atoms with E-state index in [-0.39, 0.29) is 5.54 Å². The van der Waals surface area contributed by atoms with Gasteiger partial charge in [-0.05, 0) is 37.1 Å². The monoisotopic (exact) mass is 252 g/mol. The molecule has 1 fully saturated rings. The predicted molar refractivity (Wildman–Crippen MR) is 74.3 cm³/mol. The van der Waals surface area contributed by atoms with Gasteiger partial charge in [0, 0.05) is 11.6 Å². The second kappa shape index (κ2) is 4.69. The van der Waals surface area contributed by atoms with Gasteiger partial charge in [0.15, 0.2) is 0 Å². The first kappa shape index (κ1) is 13.0. The van der Waals surface area contributed by atoms with Crippen LogP contribution < -0.4 is 5.32 Å². The van der Waals surface area contributed by atoms with Crippen molar-refractivity contribution in [1.29, 1.82) is 0 Å². The van der Waals surface area contributed by atoms with Crippen LogP contribution in [0, 0.1) is 11.3 Å². The van der Waals surface area contributed by atoms with E-state index in [1.165, 1.54) is 24.3 Å². The summed E-state index contributed by atoms with van der Waals surface area (Å²) in [6, 6.07) is 0. The zero-order chi connectivity index (χ0) is 12.5. The van der Waals surface area contributed by atoms with Gasteiger partial charge in [0.25, 0.3) is 0 Å². The molecule has 0 spiro atoms. The third-order valence-corrected chi connectivity index (χ3v) is 4.91. The highest BCUT2D eigenvalue weighted by atomic mass is 32.1. The number of hydrogen-bond donors (Lipinski definition) is 1. The van der Waals surface area contributed by atoms with E-state index < -0.39 is 0 Å². The van der Waals surface area contributed by atoms with Crippen molar-refractivity contribution in [3.8, 4) is 0 Å². The number of hydrogen-bond acceptors (Lipinski definition) is 3. The lowest BCUT2D eigenvalue weighted by Gasteiger charge is -2.34. The van der Waals surface area contributed by atoms with Crippen molar-refractivity contribution in [1.82, 2.24) is 10.3 Å². The fourth-order valence-corrected chi connectivity index (χ4v) is 4.32. The van der Waals surface area contributed by atoms with Crippen LogP contribution in [0.1, 0.15) is 52.0 Å². The summed E-state index contributed by atoms with van der Waals surface area (Å²) in [5.74, 6) is 0.662. The molecule has 0 aromatic carbocycles. The van der Waals surface area contributed by atoms with Gasteiger partial charge in [-0.1, -0.05) is 27.7 Å². The van der Waals surface area contributed by atoms with Gasteiger partial charge in [-0.3, -0.25) is 0 Å². The third kappa shape index (κ3) is 2.41. The molecule has 0 saturated heterocycles. The van der Waals surface area contributed by atoms with Gasteiger partial charge in [-0.15, -0.1) is 11.3 Å². The van der Waals surface area contributed by atoms with Crippen molar-refractivity contribution >= 4 is 11.3 Å². The van der Waals surface area contributed by atoms with Gasteiger partial charge in [-0.25, -0.2) is 4.98 Å². The van der Waals surface area contributed by atoms with Crippen LogP contribution in [0.5, 0.6) is 0 Å². The maximum atomic E-state index is 4.60. The average Bonchev–Trinajstić information content (AvgIpc) is 2.82. The van der Waals surface area contributed by atoms with Gasteiger partial charge in [0.05, 0.1) is 5.54 Å². The van der Waals surface area contributed by atoms with Crippen LogP contribution in [0.3, 0.4) is 0 Å². The maximum Gasteiger partial charge on any atom is 0.113 e. The Hall–Kier alpha value is -0.410. The number of nitrogens with zero attached hydrogens (tertiary/aromatic N) is 1. The molecule has 0 radical (unpaired) electrons. The molecule has 1 heterocycles. The van der Waals surface area contributed by atoms with Gasteiger partial charge >= 0.3 is 0 Å². The molecule has 0 bridgehead atoms. The lowest BCUT2D eigenvalue weighted by Crippen LogP contribution is -2.45. The lowest BCUT2D eigenvalue weighted by molar-refractivity contribution is 0.251. The van der Waals surface area contributed by atoms with Crippen LogP contribution in [0.2, 0.25) is 0 Å². The second-order valence-corrected chi connectivity index (χ2v) is 7.08. The van der Waals surface area contributed by atoms with Crippen molar-refractivity contribution in [3.63, 3.8) is 0 Å². The van der Waals surface area contributed by atoms with Crippen molar-refractivity contribution in [3.05, 3.63) is 16.6 Å². The van der Waals surface area contributed by atoms with E-state index in [1.54, 1.807) is 11.3 Å². The predicted octanol–water partition coefficient (Wildman–Crippen LogP) is 3.79. The molecule has 1 aromatic heterocycles. The van der Waals surface area contributed by atoms with Crippen LogP contribution in [0.4, 0.5) is 0 Å². The average molecular weight is 252 g/mol. The Morgan fingerprint density at radius 3 is 2.76 bits per heavy atom. The van der Waals surface area contributed by atoms with E-state index in [4.69, 9.17) is 0 Å². The lowest BCUT2D eigenvalue weighted by atomic mass is 9.86. The zero-order valence-corrected chi connectivity index (χ0v) is 12.2. The minimum absolute atomic E-state index is 0.119. The normalized spacial score (nSPS) is 31.9. The van der Waals surface area contributed by atoms with Crippen LogP contribution in [0.15, 0.2) is 11.6 Å². The zero-order valence-electron chi connectivity index (χ0n) is 11.4. The molecule has 1 saturated carbocycles. The van der Waals surface area contributed by atoms with Gasteiger partial charge in [0.1, 0.15) is 5.01 Å². The molecule has 0 amide bonds. The molecule has 1 aliphatic carbocycles. The minimum atomic E-state index is 0.119. The molecule has 3 heteroatoms. The SMILES string of the molecule is CCCNC1(c2nccs2)CC(C)(C)CC1C. The maximum absolute atomic E-state index is 4.60. The first-order valence-corrected chi connectivity index (χ1v) is 7.53. The van der Waals surface area contributed by atoms with E-state index in [1.807, 2.05) is 6.20 Å². The highest BCUT2D eigenvalue weighted by Crippen LogP contribution is 2.52. The summed E-state index contributed by atoms with van der Waals surface area (Å²) in [5.41, 5.74) is 0.541. The minimum Gasteiger partial charge on any atom is -0.305 e. The van der Waals surface area contributed by atoms with Crippen molar-refractivity contribution in [2.75, 3.05) is 6.54 Å². The largest absolute Gasteiger partial charge is 0.305 e. The molecule has 2 nitrogen and oxygen atoms in total. The molecule has 2 rings (SSSR count). The smallest absolute Gasteiger partial charge is 0.113 e. The summed E-state index contributed by atoms with van der Waals surface area (Å²) in [5, 5.41) is 7.18. The summed E-state index contributed by atoms with van der Waals surface area (Å²) in [7, 11) is 0. The van der Waals surface area contributed by atoms with E-state index >= 15 is 0 Å². The van der Waals surface area contributed by atoms with E-state index in [0.29, 0.717) is 11.3 Å². The quantitative estimate of drug-likeness (QED) is 0.882. The molecular formula is C14H24N2S. The van der Waals surface area contributed by atoms with E-state index in [2.05, 4.69) is 43.4 Å². The molecule has 17 heavy (non-hydrogen) atoms. The van der Waals surface area contributed by atoms with Crippen LogP contribution in [-0.2, 0) is 5.54 Å². The Morgan fingerprint density at radius 2 is 2.29 bits per heavy atom. The fourth-order valence-electron chi connectivity index (χ4n) is 3.39. The first-order valence-electron chi connectivity index (χ1n) is 6.65. The summed E-state index contributed by atoms with van der Waals surface area (Å²) < 4.78 is 0. The molecule has 2 atom stereocenters. The summed E-state index contributed by atoms with van der Waals surface area (Å²) in [6.07, 6.45) is 5.60. The third-order valence-electron chi connectivity index (χ3n) is 3.96. The second-order valence-electron chi connectivity index (χ2n) is 6.18. The van der Waals surface area contributed by atoms with E-state index in [9.17, 15) is 0 Å². The van der Waals surface area contributed by atoms with Gasteiger partial charge < -0.3 is 5.32 Å². The fraction of sp³-hybridized carbons (Fsp3) is 0.786. The number of nitrogens with one attached hydrogen (secondary N) is 1. The van der Waals surface area contributed by atoms with Crippen LogP contribution >= 0.6 is 11.3 Å². The molecular weight excluding hydrogens is 228 g/mol. The van der Waals surface area contributed by atoms with Gasteiger partial charge in [0.2, 0.25) is 0 Å². The molecule has 1 N–H and O–H groups in total. The molecule has 1 aliphatic rings. The molecule has 2 unspecified atom stereocenters. The number of aromatic nitrogens is 1. The Balaban J connectivity index is 2.31. The molecule has 1 aromatic rings. The Kier molecular flexibility index (Phi) is 3.60. The molecule has 96 valence electrons. The van der Waals surface area contributed by atoms with Gasteiger partial charge in [-0.2, -0.15) is 0 Å². The first-order chi connectivity index (χ1) is 8.00. The van der Waals surface area contributed by atoms with Crippen molar-refractivity contribution < 1.29 is 0 Å². The molecule has 0 aliphatic heterocycles.